The Labute approximate surface area is 123 Å². The molecule has 0 unspecified atom stereocenters. The Kier molecular flexibility index (Phi) is 6.08. The van der Waals surface area contributed by atoms with Crippen LogP contribution < -0.4 is 5.32 Å². The minimum absolute atomic E-state index is 0.128. The maximum Gasteiger partial charge on any atom is 0.252 e. The fourth-order valence-electron chi connectivity index (χ4n) is 1.78. The van der Waals surface area contributed by atoms with Gasteiger partial charge in [0.1, 0.15) is 5.82 Å². The van der Waals surface area contributed by atoms with Gasteiger partial charge < -0.3 is 5.32 Å². The molecule has 0 atom stereocenters. The van der Waals surface area contributed by atoms with Crippen molar-refractivity contribution in [2.45, 2.75) is 26.7 Å². The molecule has 0 aliphatic heterocycles. The lowest BCUT2D eigenvalue weighted by molar-refractivity contribution is 0.0931. The van der Waals surface area contributed by atoms with Crippen LogP contribution in [-0.2, 0) is 0 Å². The molecule has 1 N–H and O–H groups in total. The number of hydrogen-bond acceptors (Lipinski definition) is 1. The molecule has 0 spiro atoms. The van der Waals surface area contributed by atoms with E-state index >= 15 is 0 Å². The maximum atomic E-state index is 13.3. The lowest BCUT2D eigenvalue weighted by atomic mass is 9.84. The summed E-state index contributed by atoms with van der Waals surface area (Å²) in [5.74, 6) is -0.498. The van der Waals surface area contributed by atoms with E-state index in [4.69, 9.17) is 23.2 Å². The molecule has 0 bridgehead atoms. The van der Waals surface area contributed by atoms with Gasteiger partial charge in [0.25, 0.3) is 5.91 Å². The third-order valence-electron chi connectivity index (χ3n) is 3.60. The standard InChI is InChI=1S/C14H18Cl2FNO/c1-3-14(4-2,8-15)9-18-13(19)10-6-5-7-11(17)12(10)16/h5-7H,3-4,8-9H2,1-2H3,(H,18,19). The van der Waals surface area contributed by atoms with E-state index in [1.54, 1.807) is 0 Å². The number of benzene rings is 1. The fraction of sp³-hybridized carbons (Fsp3) is 0.500. The molecule has 19 heavy (non-hydrogen) atoms. The summed E-state index contributed by atoms with van der Waals surface area (Å²) >= 11 is 11.8. The third-order valence-corrected chi connectivity index (χ3v) is 4.55. The van der Waals surface area contributed by atoms with E-state index in [2.05, 4.69) is 5.32 Å². The summed E-state index contributed by atoms with van der Waals surface area (Å²) < 4.78 is 13.3. The van der Waals surface area contributed by atoms with Crippen molar-refractivity contribution in [2.24, 2.45) is 5.41 Å². The SMILES string of the molecule is CCC(CC)(CCl)CNC(=O)c1cccc(F)c1Cl. The molecule has 1 aromatic carbocycles. The van der Waals surface area contributed by atoms with Crippen molar-refractivity contribution in [3.05, 3.63) is 34.6 Å². The number of rotatable bonds is 6. The highest BCUT2D eigenvalue weighted by molar-refractivity contribution is 6.34. The van der Waals surface area contributed by atoms with Crippen LogP contribution in [0.1, 0.15) is 37.0 Å². The average Bonchev–Trinajstić information content (AvgIpc) is 2.44. The lowest BCUT2D eigenvalue weighted by Gasteiger charge is -2.29. The van der Waals surface area contributed by atoms with Crippen LogP contribution in [0.5, 0.6) is 0 Å². The van der Waals surface area contributed by atoms with Crippen molar-refractivity contribution >= 4 is 29.1 Å². The molecule has 0 aliphatic rings. The Morgan fingerprint density at radius 1 is 1.37 bits per heavy atom. The molecule has 0 fully saturated rings. The second kappa shape index (κ2) is 7.11. The largest absolute Gasteiger partial charge is 0.351 e. The Morgan fingerprint density at radius 2 is 2.00 bits per heavy atom. The van der Waals surface area contributed by atoms with Gasteiger partial charge >= 0.3 is 0 Å². The predicted molar refractivity (Wildman–Crippen MR) is 77.5 cm³/mol. The smallest absolute Gasteiger partial charge is 0.252 e. The molecule has 0 radical (unpaired) electrons. The van der Waals surface area contributed by atoms with E-state index in [-0.39, 0.29) is 21.9 Å². The maximum absolute atomic E-state index is 13.3. The van der Waals surface area contributed by atoms with Gasteiger partial charge in [0.05, 0.1) is 10.6 Å². The average molecular weight is 306 g/mol. The predicted octanol–water partition coefficient (Wildman–Crippen LogP) is 4.25. The van der Waals surface area contributed by atoms with Gasteiger partial charge in [-0.05, 0) is 25.0 Å². The second-order valence-corrected chi connectivity index (χ2v) is 5.27. The zero-order valence-corrected chi connectivity index (χ0v) is 12.6. The molecular formula is C14H18Cl2FNO. The fourth-order valence-corrected chi connectivity index (χ4v) is 2.46. The van der Waals surface area contributed by atoms with Crippen molar-refractivity contribution in [1.82, 2.24) is 5.32 Å². The molecular weight excluding hydrogens is 288 g/mol. The van der Waals surface area contributed by atoms with Crippen LogP contribution in [0.25, 0.3) is 0 Å². The van der Waals surface area contributed by atoms with E-state index in [1.165, 1.54) is 18.2 Å². The van der Waals surface area contributed by atoms with Gasteiger partial charge in [-0.15, -0.1) is 11.6 Å². The quantitative estimate of drug-likeness (QED) is 0.782. The second-order valence-electron chi connectivity index (χ2n) is 4.62. The van der Waals surface area contributed by atoms with Crippen LogP contribution >= 0.6 is 23.2 Å². The molecule has 2 nitrogen and oxygen atoms in total. The van der Waals surface area contributed by atoms with Crippen LogP contribution in [-0.4, -0.2) is 18.3 Å². The molecule has 0 saturated carbocycles. The number of nitrogens with one attached hydrogen (secondary N) is 1. The number of hydrogen-bond donors (Lipinski definition) is 1. The van der Waals surface area contributed by atoms with Crippen molar-refractivity contribution in [1.29, 1.82) is 0 Å². The van der Waals surface area contributed by atoms with Gasteiger partial charge in [-0.3, -0.25) is 4.79 Å². The van der Waals surface area contributed by atoms with Crippen LogP contribution in [0, 0.1) is 11.2 Å². The van der Waals surface area contributed by atoms with Gasteiger partial charge in [0, 0.05) is 17.8 Å². The minimum atomic E-state index is -0.594. The Hall–Kier alpha value is -0.800. The van der Waals surface area contributed by atoms with Crippen molar-refractivity contribution in [3.8, 4) is 0 Å². The summed E-state index contributed by atoms with van der Waals surface area (Å²) in [4.78, 5) is 12.0. The van der Waals surface area contributed by atoms with Crippen molar-refractivity contribution in [2.75, 3.05) is 12.4 Å². The third kappa shape index (κ3) is 3.83. The summed E-state index contributed by atoms with van der Waals surface area (Å²) in [5.41, 5.74) is 0.0224. The van der Waals surface area contributed by atoms with Gasteiger partial charge in [-0.2, -0.15) is 0 Å². The van der Waals surface area contributed by atoms with Gasteiger partial charge in [0.15, 0.2) is 0 Å². The number of carbonyl (C=O) groups is 1. The minimum Gasteiger partial charge on any atom is -0.351 e. The van der Waals surface area contributed by atoms with E-state index in [1.807, 2.05) is 13.8 Å². The molecule has 1 rings (SSSR count). The molecule has 5 heteroatoms. The van der Waals surface area contributed by atoms with Crippen LogP contribution in [0.2, 0.25) is 5.02 Å². The molecule has 106 valence electrons. The normalized spacial score (nSPS) is 11.4. The van der Waals surface area contributed by atoms with Crippen molar-refractivity contribution in [3.63, 3.8) is 0 Å². The number of amides is 1. The topological polar surface area (TPSA) is 29.1 Å². The van der Waals surface area contributed by atoms with Crippen LogP contribution in [0.4, 0.5) is 4.39 Å². The zero-order chi connectivity index (χ0) is 14.5. The molecule has 0 heterocycles. The highest BCUT2D eigenvalue weighted by Gasteiger charge is 2.26. The summed E-state index contributed by atoms with van der Waals surface area (Å²) in [6.07, 6.45) is 1.73. The van der Waals surface area contributed by atoms with E-state index < -0.39 is 5.82 Å². The van der Waals surface area contributed by atoms with E-state index in [0.717, 1.165) is 12.8 Å². The first-order chi connectivity index (χ1) is 8.99. The number of halogens is 3. The Morgan fingerprint density at radius 3 is 2.53 bits per heavy atom. The highest BCUT2D eigenvalue weighted by atomic mass is 35.5. The first-order valence-electron chi connectivity index (χ1n) is 6.28. The summed E-state index contributed by atoms with van der Waals surface area (Å²) in [6, 6.07) is 4.19. The zero-order valence-electron chi connectivity index (χ0n) is 11.1. The first-order valence-corrected chi connectivity index (χ1v) is 7.19. The highest BCUT2D eigenvalue weighted by Crippen LogP contribution is 2.27. The Bertz CT molecular complexity index is 439. The van der Waals surface area contributed by atoms with Crippen molar-refractivity contribution < 1.29 is 9.18 Å². The number of alkyl halides is 1. The first kappa shape index (κ1) is 16.3. The van der Waals surface area contributed by atoms with Crippen LogP contribution in [0.15, 0.2) is 18.2 Å². The van der Waals surface area contributed by atoms with E-state index in [0.29, 0.717) is 12.4 Å². The van der Waals surface area contributed by atoms with Crippen LogP contribution in [0.3, 0.4) is 0 Å². The van der Waals surface area contributed by atoms with Gasteiger partial charge in [-0.1, -0.05) is 31.5 Å². The summed E-state index contributed by atoms with van der Waals surface area (Å²) in [6.45, 7) is 4.52. The summed E-state index contributed by atoms with van der Waals surface area (Å²) in [5, 5.41) is 2.64. The molecule has 0 aromatic heterocycles. The van der Waals surface area contributed by atoms with Gasteiger partial charge in [-0.25, -0.2) is 4.39 Å². The molecule has 0 aliphatic carbocycles. The summed E-state index contributed by atoms with van der Waals surface area (Å²) in [7, 11) is 0. The Balaban J connectivity index is 2.78. The molecule has 1 aromatic rings. The lowest BCUT2D eigenvalue weighted by Crippen LogP contribution is -2.38. The molecule has 0 saturated heterocycles. The monoisotopic (exact) mass is 305 g/mol. The van der Waals surface area contributed by atoms with Gasteiger partial charge in [0.2, 0.25) is 0 Å². The van der Waals surface area contributed by atoms with E-state index in [9.17, 15) is 9.18 Å². The number of carbonyl (C=O) groups excluding carboxylic acids is 1. The molecule has 1 amide bonds.